The van der Waals surface area contributed by atoms with Crippen molar-refractivity contribution in [2.24, 2.45) is 5.92 Å². The van der Waals surface area contributed by atoms with Gasteiger partial charge in [-0.2, -0.15) is 0 Å². The average Bonchev–Trinajstić information content (AvgIpc) is 2.44. The predicted molar refractivity (Wildman–Crippen MR) is 79.7 cm³/mol. The summed E-state index contributed by atoms with van der Waals surface area (Å²) >= 11 is 0. The fourth-order valence-corrected chi connectivity index (χ4v) is 2.16. The summed E-state index contributed by atoms with van der Waals surface area (Å²) in [6.07, 6.45) is 2.50. The molecule has 0 bridgehead atoms. The Balaban J connectivity index is 2.64. The third-order valence-corrected chi connectivity index (χ3v) is 3.22. The van der Waals surface area contributed by atoms with Crippen LogP contribution in [0.15, 0.2) is 24.3 Å². The molecule has 0 amide bonds. The fraction of sp³-hybridized carbons (Fsp3) is 0.625. The lowest BCUT2D eigenvalue weighted by Gasteiger charge is -2.21. The van der Waals surface area contributed by atoms with Gasteiger partial charge in [-0.05, 0) is 37.1 Å². The highest BCUT2D eigenvalue weighted by Crippen LogP contribution is 2.22. The summed E-state index contributed by atoms with van der Waals surface area (Å²) in [6.45, 7) is 6.07. The van der Waals surface area contributed by atoms with Gasteiger partial charge in [0, 0.05) is 6.54 Å². The Labute approximate surface area is 117 Å². The lowest BCUT2D eigenvalue weighted by atomic mass is 10.1. The number of benzene rings is 1. The Kier molecular flexibility index (Phi) is 7.53. The topological polar surface area (TPSA) is 30.5 Å². The van der Waals surface area contributed by atoms with E-state index in [4.69, 9.17) is 9.47 Å². The van der Waals surface area contributed by atoms with Crippen LogP contribution in [0.5, 0.6) is 5.75 Å². The third kappa shape index (κ3) is 5.62. The number of ether oxygens (including phenoxy) is 2. The molecule has 0 radical (unpaired) electrons. The van der Waals surface area contributed by atoms with Crippen LogP contribution in [0.3, 0.4) is 0 Å². The molecule has 0 aliphatic heterocycles. The molecule has 0 aliphatic rings. The monoisotopic (exact) mass is 265 g/mol. The number of methoxy groups -OCH3 is 1. The molecule has 0 aliphatic carbocycles. The molecule has 19 heavy (non-hydrogen) atoms. The van der Waals surface area contributed by atoms with Crippen LogP contribution in [0.4, 0.5) is 0 Å². The van der Waals surface area contributed by atoms with Gasteiger partial charge in [0.15, 0.2) is 0 Å². The minimum atomic E-state index is 0.0828. The first kappa shape index (κ1) is 16.0. The van der Waals surface area contributed by atoms with E-state index in [9.17, 15) is 0 Å². The Hall–Kier alpha value is -1.06. The molecule has 3 heteroatoms. The van der Waals surface area contributed by atoms with Crippen molar-refractivity contribution in [1.82, 2.24) is 5.32 Å². The van der Waals surface area contributed by atoms with E-state index in [0.717, 1.165) is 24.5 Å². The molecule has 1 aromatic carbocycles. The van der Waals surface area contributed by atoms with Gasteiger partial charge in [-0.15, -0.1) is 0 Å². The van der Waals surface area contributed by atoms with E-state index < -0.39 is 0 Å². The molecule has 0 saturated heterocycles. The summed E-state index contributed by atoms with van der Waals surface area (Å²) in [4.78, 5) is 0. The van der Waals surface area contributed by atoms with E-state index in [2.05, 4.69) is 25.2 Å². The van der Waals surface area contributed by atoms with Gasteiger partial charge in [0.25, 0.3) is 0 Å². The Bertz CT molecular complexity index is 354. The molecule has 2 atom stereocenters. The molecule has 3 nitrogen and oxygen atoms in total. The van der Waals surface area contributed by atoms with Gasteiger partial charge < -0.3 is 14.8 Å². The second kappa shape index (κ2) is 8.94. The predicted octanol–water partition coefficient (Wildman–Crippen LogP) is 3.41. The molecule has 1 rings (SSSR count). The maximum atomic E-state index is 6.06. The molecule has 0 fully saturated rings. The molecule has 0 spiro atoms. The maximum Gasteiger partial charge on any atom is 0.119 e. The van der Waals surface area contributed by atoms with Gasteiger partial charge in [0.05, 0.1) is 19.8 Å². The van der Waals surface area contributed by atoms with Gasteiger partial charge in [0.1, 0.15) is 5.75 Å². The number of rotatable bonds is 9. The standard InChI is InChI=1S/C16H27NO2/c1-5-7-13(2)12-19-16(11-17-3)14-8-6-9-15(10-14)18-4/h6,8-10,13,16-17H,5,7,11-12H2,1-4H3. The summed E-state index contributed by atoms with van der Waals surface area (Å²) in [7, 11) is 3.64. The quantitative estimate of drug-likeness (QED) is 0.742. The van der Waals surface area contributed by atoms with Crippen LogP contribution in [0.25, 0.3) is 0 Å². The highest BCUT2D eigenvalue weighted by molar-refractivity contribution is 5.30. The first-order chi connectivity index (χ1) is 9.21. The zero-order valence-electron chi connectivity index (χ0n) is 12.6. The van der Waals surface area contributed by atoms with E-state index in [1.54, 1.807) is 7.11 Å². The number of hydrogen-bond donors (Lipinski definition) is 1. The molecular formula is C16H27NO2. The van der Waals surface area contributed by atoms with Crippen LogP contribution in [0.1, 0.15) is 38.4 Å². The van der Waals surface area contributed by atoms with Crippen molar-refractivity contribution in [3.8, 4) is 5.75 Å². The van der Waals surface area contributed by atoms with Crippen molar-refractivity contribution in [3.63, 3.8) is 0 Å². The Morgan fingerprint density at radius 2 is 2.11 bits per heavy atom. The Morgan fingerprint density at radius 1 is 1.32 bits per heavy atom. The molecule has 0 aromatic heterocycles. The minimum absolute atomic E-state index is 0.0828. The molecule has 2 unspecified atom stereocenters. The summed E-state index contributed by atoms with van der Waals surface area (Å²) in [5.41, 5.74) is 1.16. The molecular weight excluding hydrogens is 238 g/mol. The average molecular weight is 265 g/mol. The molecule has 1 N–H and O–H groups in total. The van der Waals surface area contributed by atoms with Crippen LogP contribution in [-0.2, 0) is 4.74 Å². The summed E-state index contributed by atoms with van der Waals surface area (Å²) in [6, 6.07) is 8.11. The lowest BCUT2D eigenvalue weighted by molar-refractivity contribution is 0.0309. The molecule has 0 saturated carbocycles. The van der Waals surface area contributed by atoms with Crippen LogP contribution in [0.2, 0.25) is 0 Å². The van der Waals surface area contributed by atoms with E-state index in [1.165, 1.54) is 12.8 Å². The van der Waals surface area contributed by atoms with E-state index >= 15 is 0 Å². The SMILES string of the molecule is CCCC(C)COC(CNC)c1cccc(OC)c1. The smallest absolute Gasteiger partial charge is 0.119 e. The highest BCUT2D eigenvalue weighted by atomic mass is 16.5. The van der Waals surface area contributed by atoms with Crippen molar-refractivity contribution in [2.45, 2.75) is 32.8 Å². The zero-order valence-corrected chi connectivity index (χ0v) is 12.6. The first-order valence-electron chi connectivity index (χ1n) is 7.11. The summed E-state index contributed by atoms with van der Waals surface area (Å²) in [5.74, 6) is 1.48. The van der Waals surface area contributed by atoms with Crippen molar-refractivity contribution < 1.29 is 9.47 Å². The number of nitrogens with one attached hydrogen (secondary N) is 1. The second-order valence-electron chi connectivity index (χ2n) is 5.05. The fourth-order valence-electron chi connectivity index (χ4n) is 2.16. The van der Waals surface area contributed by atoms with Crippen molar-refractivity contribution in [3.05, 3.63) is 29.8 Å². The number of likely N-dealkylation sites (N-methyl/N-ethyl adjacent to an activating group) is 1. The van der Waals surface area contributed by atoms with Gasteiger partial charge in [-0.25, -0.2) is 0 Å². The van der Waals surface area contributed by atoms with Crippen LogP contribution >= 0.6 is 0 Å². The van der Waals surface area contributed by atoms with Crippen LogP contribution < -0.4 is 10.1 Å². The van der Waals surface area contributed by atoms with Gasteiger partial charge in [-0.3, -0.25) is 0 Å². The first-order valence-corrected chi connectivity index (χ1v) is 7.11. The highest BCUT2D eigenvalue weighted by Gasteiger charge is 2.13. The van der Waals surface area contributed by atoms with E-state index in [0.29, 0.717) is 5.92 Å². The van der Waals surface area contributed by atoms with Crippen LogP contribution in [0, 0.1) is 5.92 Å². The largest absolute Gasteiger partial charge is 0.497 e. The van der Waals surface area contributed by atoms with E-state index in [-0.39, 0.29) is 6.10 Å². The maximum absolute atomic E-state index is 6.06. The van der Waals surface area contributed by atoms with Crippen LogP contribution in [-0.4, -0.2) is 27.3 Å². The molecule has 1 aromatic rings. The van der Waals surface area contributed by atoms with E-state index in [1.807, 2.05) is 25.2 Å². The third-order valence-electron chi connectivity index (χ3n) is 3.22. The van der Waals surface area contributed by atoms with Crippen molar-refractivity contribution >= 4 is 0 Å². The van der Waals surface area contributed by atoms with Gasteiger partial charge in [0.2, 0.25) is 0 Å². The zero-order chi connectivity index (χ0) is 14.1. The number of hydrogen-bond acceptors (Lipinski definition) is 3. The Morgan fingerprint density at radius 3 is 2.74 bits per heavy atom. The summed E-state index contributed by atoms with van der Waals surface area (Å²) < 4.78 is 11.3. The lowest BCUT2D eigenvalue weighted by Crippen LogP contribution is -2.21. The van der Waals surface area contributed by atoms with Crippen molar-refractivity contribution in [2.75, 3.05) is 27.3 Å². The molecule has 0 heterocycles. The summed E-state index contributed by atoms with van der Waals surface area (Å²) in [5, 5.41) is 3.19. The molecule has 108 valence electrons. The van der Waals surface area contributed by atoms with Gasteiger partial charge in [-0.1, -0.05) is 32.4 Å². The van der Waals surface area contributed by atoms with Gasteiger partial charge >= 0.3 is 0 Å². The minimum Gasteiger partial charge on any atom is -0.497 e. The second-order valence-corrected chi connectivity index (χ2v) is 5.05. The normalized spacial score (nSPS) is 14.1. The van der Waals surface area contributed by atoms with Crippen molar-refractivity contribution in [1.29, 1.82) is 0 Å².